The monoisotopic (exact) mass is 274 g/mol. The third-order valence-electron chi connectivity index (χ3n) is 5.09. The Morgan fingerprint density at radius 3 is 2.70 bits per heavy atom. The summed E-state index contributed by atoms with van der Waals surface area (Å²) in [6.45, 7) is 10.2. The van der Waals surface area contributed by atoms with Crippen molar-refractivity contribution in [3.8, 4) is 0 Å². The van der Waals surface area contributed by atoms with Gasteiger partial charge >= 0.3 is 5.97 Å². The summed E-state index contributed by atoms with van der Waals surface area (Å²) in [5.74, 6) is 0.165. The lowest BCUT2D eigenvalue weighted by molar-refractivity contribution is -0.172. The van der Waals surface area contributed by atoms with E-state index in [0.717, 1.165) is 19.3 Å². The van der Waals surface area contributed by atoms with Gasteiger partial charge in [0.2, 0.25) is 0 Å². The zero-order valence-electron chi connectivity index (χ0n) is 13.3. The van der Waals surface area contributed by atoms with Crippen molar-refractivity contribution in [3.63, 3.8) is 0 Å². The minimum Gasteiger partial charge on any atom is -0.458 e. The van der Waals surface area contributed by atoms with Crippen LogP contribution in [0.3, 0.4) is 0 Å². The first-order valence-electron chi connectivity index (χ1n) is 7.61. The first kappa shape index (κ1) is 15.1. The lowest BCUT2D eigenvalue weighted by Crippen LogP contribution is -2.43. The highest BCUT2D eigenvalue weighted by Crippen LogP contribution is 2.42. The molecular weight excluding hydrogens is 248 g/mol. The van der Waals surface area contributed by atoms with Crippen molar-refractivity contribution in [2.75, 3.05) is 0 Å². The summed E-state index contributed by atoms with van der Waals surface area (Å²) in [5.41, 5.74) is 1.92. The normalized spacial score (nSPS) is 25.9. The first-order chi connectivity index (χ1) is 9.30. The molecule has 1 aliphatic rings. The van der Waals surface area contributed by atoms with Crippen LogP contribution in [0.1, 0.15) is 64.5 Å². The number of aryl methyl sites for hydroxylation is 1. The second-order valence-electron chi connectivity index (χ2n) is 6.86. The molecule has 0 spiro atoms. The van der Waals surface area contributed by atoms with Crippen molar-refractivity contribution in [2.24, 2.45) is 5.41 Å². The van der Waals surface area contributed by atoms with Crippen molar-refractivity contribution in [1.82, 2.24) is 0 Å². The molecule has 20 heavy (non-hydrogen) atoms. The van der Waals surface area contributed by atoms with Crippen LogP contribution in [0.2, 0.25) is 0 Å². The molecule has 0 fully saturated rings. The number of hydrogen-bond donors (Lipinski definition) is 0. The van der Waals surface area contributed by atoms with E-state index < -0.39 is 11.0 Å². The Hall–Kier alpha value is -1.31. The maximum Gasteiger partial charge on any atom is 0.312 e. The van der Waals surface area contributed by atoms with Crippen LogP contribution in [0.4, 0.5) is 0 Å². The zero-order chi connectivity index (χ0) is 15.0. The average Bonchev–Trinajstić information content (AvgIpc) is 2.43. The maximum absolute atomic E-state index is 12.4. The molecule has 0 aromatic heterocycles. The first-order valence-corrected chi connectivity index (χ1v) is 7.61. The van der Waals surface area contributed by atoms with E-state index in [9.17, 15) is 4.79 Å². The lowest BCUT2D eigenvalue weighted by Gasteiger charge is -2.42. The highest BCUT2D eigenvalue weighted by Gasteiger charge is 2.42. The predicted octanol–water partition coefficient (Wildman–Crippen LogP) is 4.47. The Kier molecular flexibility index (Phi) is 3.95. The van der Waals surface area contributed by atoms with Crippen LogP contribution in [-0.4, -0.2) is 11.6 Å². The summed E-state index contributed by atoms with van der Waals surface area (Å²) in [5, 5.41) is 0. The van der Waals surface area contributed by atoms with Crippen LogP contribution in [0, 0.1) is 5.41 Å². The van der Waals surface area contributed by atoms with Gasteiger partial charge < -0.3 is 4.74 Å². The molecule has 1 aliphatic carbocycles. The van der Waals surface area contributed by atoms with Gasteiger partial charge in [0.15, 0.2) is 0 Å². The number of rotatable bonds is 3. The van der Waals surface area contributed by atoms with Gasteiger partial charge in [0.25, 0.3) is 0 Å². The van der Waals surface area contributed by atoms with Gasteiger partial charge in [0.1, 0.15) is 5.60 Å². The molecule has 0 amide bonds. The molecule has 1 aromatic carbocycles. The van der Waals surface area contributed by atoms with E-state index >= 15 is 0 Å². The van der Waals surface area contributed by atoms with Crippen molar-refractivity contribution in [1.29, 1.82) is 0 Å². The third kappa shape index (κ3) is 2.61. The minimum absolute atomic E-state index is 0.0752. The molecule has 0 heterocycles. The summed E-state index contributed by atoms with van der Waals surface area (Å²) in [6, 6.07) is 8.50. The van der Waals surface area contributed by atoms with Gasteiger partial charge in [0, 0.05) is 5.92 Å². The average molecular weight is 274 g/mol. The summed E-state index contributed by atoms with van der Waals surface area (Å²) >= 11 is 0. The fraction of sp³-hybridized carbons (Fsp3) is 0.611. The van der Waals surface area contributed by atoms with E-state index in [0.29, 0.717) is 0 Å². The summed E-state index contributed by atoms with van der Waals surface area (Å²) in [6.07, 6.45) is 2.68. The van der Waals surface area contributed by atoms with Crippen LogP contribution in [-0.2, 0) is 16.0 Å². The molecule has 110 valence electrons. The molecule has 2 rings (SSSR count). The minimum atomic E-state index is -0.403. The van der Waals surface area contributed by atoms with E-state index in [1.54, 1.807) is 0 Å². The maximum atomic E-state index is 12.4. The second-order valence-corrected chi connectivity index (χ2v) is 6.86. The molecule has 2 nitrogen and oxygen atoms in total. The SMILES string of the molecule is CCC(C)(C)C(=O)OC1(C)CCc2ccccc2C1C. The van der Waals surface area contributed by atoms with Crippen LogP contribution in [0.25, 0.3) is 0 Å². The van der Waals surface area contributed by atoms with Gasteiger partial charge in [-0.3, -0.25) is 4.79 Å². The Labute approximate surface area is 122 Å². The molecular formula is C18H26O2. The number of ether oxygens (including phenoxy) is 1. The third-order valence-corrected chi connectivity index (χ3v) is 5.09. The lowest BCUT2D eigenvalue weighted by atomic mass is 9.73. The molecule has 0 aliphatic heterocycles. The number of fused-ring (bicyclic) bond motifs is 1. The van der Waals surface area contributed by atoms with Crippen LogP contribution in [0.15, 0.2) is 24.3 Å². The van der Waals surface area contributed by atoms with Gasteiger partial charge in [-0.15, -0.1) is 0 Å². The highest BCUT2D eigenvalue weighted by atomic mass is 16.6. The Morgan fingerprint density at radius 2 is 2.05 bits per heavy atom. The molecule has 1 aromatic rings. The topological polar surface area (TPSA) is 26.3 Å². The van der Waals surface area contributed by atoms with E-state index in [2.05, 4.69) is 38.1 Å². The Balaban J connectivity index is 2.23. The molecule has 2 heteroatoms. The summed E-state index contributed by atoms with van der Waals surface area (Å²) < 4.78 is 5.96. The van der Waals surface area contributed by atoms with Crippen LogP contribution < -0.4 is 0 Å². The molecule has 2 atom stereocenters. The molecule has 0 bridgehead atoms. The fourth-order valence-corrected chi connectivity index (χ4v) is 2.75. The summed E-state index contributed by atoms with van der Waals surface area (Å²) in [7, 11) is 0. The molecule has 0 saturated heterocycles. The van der Waals surface area contributed by atoms with Gasteiger partial charge in [-0.1, -0.05) is 38.1 Å². The Bertz CT molecular complexity index is 504. The number of carbonyl (C=O) groups excluding carboxylic acids is 1. The molecule has 0 saturated carbocycles. The van der Waals surface area contributed by atoms with E-state index in [1.807, 2.05) is 20.8 Å². The van der Waals surface area contributed by atoms with E-state index in [-0.39, 0.29) is 11.9 Å². The summed E-state index contributed by atoms with van der Waals surface area (Å²) in [4.78, 5) is 12.4. The largest absolute Gasteiger partial charge is 0.458 e. The smallest absolute Gasteiger partial charge is 0.312 e. The zero-order valence-corrected chi connectivity index (χ0v) is 13.3. The van der Waals surface area contributed by atoms with Crippen molar-refractivity contribution in [2.45, 2.75) is 65.4 Å². The van der Waals surface area contributed by atoms with Crippen molar-refractivity contribution in [3.05, 3.63) is 35.4 Å². The van der Waals surface area contributed by atoms with Crippen molar-refractivity contribution >= 4 is 5.97 Å². The van der Waals surface area contributed by atoms with Gasteiger partial charge in [0.05, 0.1) is 5.41 Å². The number of esters is 1. The number of carbonyl (C=O) groups is 1. The fourth-order valence-electron chi connectivity index (χ4n) is 2.75. The Morgan fingerprint density at radius 1 is 1.40 bits per heavy atom. The van der Waals surface area contributed by atoms with Crippen molar-refractivity contribution < 1.29 is 9.53 Å². The second kappa shape index (κ2) is 5.23. The number of hydrogen-bond acceptors (Lipinski definition) is 2. The molecule has 2 unspecified atom stereocenters. The highest BCUT2D eigenvalue weighted by molar-refractivity contribution is 5.76. The van der Waals surface area contributed by atoms with E-state index in [4.69, 9.17) is 4.74 Å². The van der Waals surface area contributed by atoms with Crippen LogP contribution in [0.5, 0.6) is 0 Å². The number of benzene rings is 1. The van der Waals surface area contributed by atoms with Gasteiger partial charge in [-0.05, 0) is 51.2 Å². The van der Waals surface area contributed by atoms with Gasteiger partial charge in [-0.2, -0.15) is 0 Å². The predicted molar refractivity (Wildman–Crippen MR) is 81.7 cm³/mol. The molecule has 0 radical (unpaired) electrons. The van der Waals surface area contributed by atoms with Crippen LogP contribution >= 0.6 is 0 Å². The standard InChI is InChI=1S/C18H26O2/c1-6-17(3,4)16(19)20-18(5)12-11-14-9-7-8-10-15(14)13(18)2/h7-10,13H,6,11-12H2,1-5H3. The molecule has 0 N–H and O–H groups in total. The quantitative estimate of drug-likeness (QED) is 0.760. The van der Waals surface area contributed by atoms with Gasteiger partial charge in [-0.25, -0.2) is 0 Å². The van der Waals surface area contributed by atoms with E-state index in [1.165, 1.54) is 11.1 Å².